The highest BCUT2D eigenvalue weighted by molar-refractivity contribution is 6.01. The fraction of sp³-hybridized carbons (Fsp3) is 0.222. The number of nitrogens with zero attached hydrogens (tertiary/aromatic N) is 3. The van der Waals surface area contributed by atoms with E-state index in [-0.39, 0.29) is 17.5 Å². The van der Waals surface area contributed by atoms with Gasteiger partial charge < -0.3 is 5.32 Å². The molecular weight excluding hydrogens is 288 g/mol. The molecule has 1 heterocycles. The van der Waals surface area contributed by atoms with Crippen molar-refractivity contribution in [3.8, 4) is 6.07 Å². The highest BCUT2D eigenvalue weighted by atomic mass is 16.1. The zero-order chi connectivity index (χ0) is 16.1. The van der Waals surface area contributed by atoms with E-state index in [1.807, 2.05) is 36.4 Å². The molecule has 0 aliphatic heterocycles. The summed E-state index contributed by atoms with van der Waals surface area (Å²) in [5.41, 5.74) is 1.59. The third kappa shape index (κ3) is 3.80. The lowest BCUT2D eigenvalue weighted by Gasteiger charge is -2.18. The molecule has 2 aromatic rings. The highest BCUT2D eigenvalue weighted by Crippen LogP contribution is 2.41. The Bertz CT molecular complexity index is 746. The van der Waals surface area contributed by atoms with Crippen molar-refractivity contribution in [2.45, 2.75) is 18.9 Å². The van der Waals surface area contributed by atoms with Gasteiger partial charge in [-0.3, -0.25) is 4.79 Å². The molecule has 0 radical (unpaired) electrons. The SMILES string of the molecule is N#CC(=Cc1cccnn1)C(=O)NC(c1ccccc1)C1CC1. The number of aromatic nitrogens is 2. The molecule has 1 aromatic carbocycles. The van der Waals surface area contributed by atoms with Crippen LogP contribution in [-0.4, -0.2) is 16.1 Å². The second kappa shape index (κ2) is 6.84. The van der Waals surface area contributed by atoms with Crippen LogP contribution in [0, 0.1) is 17.2 Å². The summed E-state index contributed by atoms with van der Waals surface area (Å²) in [4.78, 5) is 12.4. The molecule has 23 heavy (non-hydrogen) atoms. The van der Waals surface area contributed by atoms with Crippen molar-refractivity contribution < 1.29 is 4.79 Å². The summed E-state index contributed by atoms with van der Waals surface area (Å²) in [6, 6.07) is 15.2. The lowest BCUT2D eigenvalue weighted by molar-refractivity contribution is -0.117. The Morgan fingerprint density at radius 3 is 2.65 bits per heavy atom. The number of hydrogen-bond donors (Lipinski definition) is 1. The molecule has 1 amide bonds. The number of carbonyl (C=O) groups is 1. The summed E-state index contributed by atoms with van der Waals surface area (Å²) in [6.07, 6.45) is 5.18. The number of hydrogen-bond acceptors (Lipinski definition) is 4. The van der Waals surface area contributed by atoms with E-state index in [1.54, 1.807) is 18.3 Å². The molecule has 1 unspecified atom stereocenters. The van der Waals surface area contributed by atoms with E-state index in [2.05, 4.69) is 15.5 Å². The number of nitrogens with one attached hydrogen (secondary N) is 1. The summed E-state index contributed by atoms with van der Waals surface area (Å²) < 4.78 is 0. The van der Waals surface area contributed by atoms with E-state index in [9.17, 15) is 10.1 Å². The molecule has 5 nitrogen and oxygen atoms in total. The van der Waals surface area contributed by atoms with E-state index in [0.29, 0.717) is 11.6 Å². The van der Waals surface area contributed by atoms with Crippen molar-refractivity contribution in [2.75, 3.05) is 0 Å². The zero-order valence-corrected chi connectivity index (χ0v) is 12.5. The van der Waals surface area contributed by atoms with Crippen molar-refractivity contribution in [2.24, 2.45) is 5.92 Å². The van der Waals surface area contributed by atoms with Crippen molar-refractivity contribution in [1.82, 2.24) is 15.5 Å². The molecule has 1 fully saturated rings. The predicted octanol–water partition coefficient (Wildman–Crippen LogP) is 2.65. The number of carbonyl (C=O) groups excluding carboxylic acids is 1. The van der Waals surface area contributed by atoms with Crippen LogP contribution in [0.1, 0.15) is 30.1 Å². The minimum Gasteiger partial charge on any atom is -0.344 e. The van der Waals surface area contributed by atoms with Gasteiger partial charge >= 0.3 is 0 Å². The zero-order valence-electron chi connectivity index (χ0n) is 12.5. The van der Waals surface area contributed by atoms with Gasteiger partial charge in [0.05, 0.1) is 11.7 Å². The van der Waals surface area contributed by atoms with E-state index in [4.69, 9.17) is 0 Å². The van der Waals surface area contributed by atoms with Crippen LogP contribution in [0.5, 0.6) is 0 Å². The number of nitriles is 1. The molecule has 5 heteroatoms. The van der Waals surface area contributed by atoms with Crippen molar-refractivity contribution in [1.29, 1.82) is 5.26 Å². The molecule has 114 valence electrons. The van der Waals surface area contributed by atoms with E-state index in [1.165, 1.54) is 6.08 Å². The Hall–Kier alpha value is -3.00. The van der Waals surface area contributed by atoms with Crippen LogP contribution in [0.25, 0.3) is 6.08 Å². The summed E-state index contributed by atoms with van der Waals surface area (Å²) in [7, 11) is 0. The normalized spacial score (nSPS) is 15.5. The molecule has 0 bridgehead atoms. The van der Waals surface area contributed by atoms with Crippen molar-refractivity contribution in [3.63, 3.8) is 0 Å². The maximum absolute atomic E-state index is 12.4. The molecule has 1 N–H and O–H groups in total. The Kier molecular flexibility index (Phi) is 4.44. The fourth-order valence-electron chi connectivity index (χ4n) is 2.47. The Morgan fingerprint density at radius 2 is 2.04 bits per heavy atom. The summed E-state index contributed by atoms with van der Waals surface area (Å²) >= 11 is 0. The van der Waals surface area contributed by atoms with Crippen LogP contribution in [-0.2, 0) is 4.79 Å². The second-order valence-corrected chi connectivity index (χ2v) is 5.52. The topological polar surface area (TPSA) is 78.7 Å². The first-order valence-corrected chi connectivity index (χ1v) is 7.53. The third-order valence-corrected chi connectivity index (χ3v) is 3.79. The fourth-order valence-corrected chi connectivity index (χ4v) is 2.47. The van der Waals surface area contributed by atoms with Crippen LogP contribution >= 0.6 is 0 Å². The maximum atomic E-state index is 12.4. The molecule has 1 saturated carbocycles. The van der Waals surface area contributed by atoms with Gasteiger partial charge in [0.25, 0.3) is 5.91 Å². The van der Waals surface area contributed by atoms with Crippen LogP contribution in [0.2, 0.25) is 0 Å². The molecule has 1 atom stereocenters. The van der Waals surface area contributed by atoms with Crippen molar-refractivity contribution >= 4 is 12.0 Å². The van der Waals surface area contributed by atoms with Crippen LogP contribution < -0.4 is 5.32 Å². The minimum absolute atomic E-state index is 0.0343. The Labute approximate surface area is 134 Å². The van der Waals surface area contributed by atoms with Gasteiger partial charge in [0.2, 0.25) is 0 Å². The van der Waals surface area contributed by atoms with Gasteiger partial charge in [-0.2, -0.15) is 15.5 Å². The van der Waals surface area contributed by atoms with Crippen LogP contribution in [0.4, 0.5) is 0 Å². The van der Waals surface area contributed by atoms with E-state index >= 15 is 0 Å². The minimum atomic E-state index is -0.376. The first kappa shape index (κ1) is 14.9. The molecule has 3 rings (SSSR count). The number of amides is 1. The van der Waals surface area contributed by atoms with Gasteiger partial charge in [0.1, 0.15) is 11.6 Å². The van der Waals surface area contributed by atoms with Crippen LogP contribution in [0.3, 0.4) is 0 Å². The molecule has 1 aromatic heterocycles. The van der Waals surface area contributed by atoms with Gasteiger partial charge in [0, 0.05) is 6.20 Å². The van der Waals surface area contributed by atoms with Crippen molar-refractivity contribution in [3.05, 3.63) is 65.5 Å². The molecule has 1 aliphatic carbocycles. The number of rotatable bonds is 5. The largest absolute Gasteiger partial charge is 0.344 e. The molecule has 0 saturated heterocycles. The second-order valence-electron chi connectivity index (χ2n) is 5.52. The average Bonchev–Trinajstić information content (AvgIpc) is 3.44. The van der Waals surface area contributed by atoms with E-state index < -0.39 is 0 Å². The first-order valence-electron chi connectivity index (χ1n) is 7.53. The predicted molar refractivity (Wildman–Crippen MR) is 85.7 cm³/mol. The standard InChI is InChI=1S/C18H16N4O/c19-12-15(11-16-7-4-10-20-22-16)18(23)21-17(14-8-9-14)13-5-2-1-3-6-13/h1-7,10-11,14,17H,8-9H2,(H,21,23). The van der Waals surface area contributed by atoms with Gasteiger partial charge in [-0.25, -0.2) is 0 Å². The smallest absolute Gasteiger partial charge is 0.262 e. The van der Waals surface area contributed by atoms with E-state index in [0.717, 1.165) is 18.4 Å². The van der Waals surface area contributed by atoms with Gasteiger partial charge in [-0.15, -0.1) is 0 Å². The maximum Gasteiger partial charge on any atom is 0.262 e. The van der Waals surface area contributed by atoms with Gasteiger partial charge in [-0.05, 0) is 42.5 Å². The average molecular weight is 304 g/mol. The molecular formula is C18H16N4O. The highest BCUT2D eigenvalue weighted by Gasteiger charge is 2.33. The quantitative estimate of drug-likeness (QED) is 0.680. The first-order chi connectivity index (χ1) is 11.3. The lowest BCUT2D eigenvalue weighted by atomic mass is 10.0. The summed E-state index contributed by atoms with van der Waals surface area (Å²) in [6.45, 7) is 0. The van der Waals surface area contributed by atoms with Crippen LogP contribution in [0.15, 0.2) is 54.2 Å². The molecule has 1 aliphatic rings. The molecule has 0 spiro atoms. The summed E-state index contributed by atoms with van der Waals surface area (Å²) in [5.74, 6) is 0.0664. The number of benzene rings is 1. The van der Waals surface area contributed by atoms with Gasteiger partial charge in [-0.1, -0.05) is 30.3 Å². The lowest BCUT2D eigenvalue weighted by Crippen LogP contribution is -2.30. The Balaban J connectivity index is 1.79. The summed E-state index contributed by atoms with van der Waals surface area (Å²) in [5, 5.41) is 19.9. The van der Waals surface area contributed by atoms with Gasteiger partial charge in [0.15, 0.2) is 0 Å². The third-order valence-electron chi connectivity index (χ3n) is 3.79. The monoisotopic (exact) mass is 304 g/mol. The Morgan fingerprint density at radius 1 is 1.26 bits per heavy atom.